The Hall–Kier alpha value is -2.78. The molecule has 152 valence electrons. The number of amides is 1. The van der Waals surface area contributed by atoms with Gasteiger partial charge in [0.2, 0.25) is 0 Å². The van der Waals surface area contributed by atoms with Gasteiger partial charge < -0.3 is 5.32 Å². The first-order chi connectivity index (χ1) is 13.8. The fraction of sp³-hybridized carbons (Fsp3) is 0.200. The lowest BCUT2D eigenvalue weighted by Crippen LogP contribution is -2.25. The molecule has 0 saturated carbocycles. The van der Waals surface area contributed by atoms with Crippen LogP contribution in [0.3, 0.4) is 0 Å². The lowest BCUT2D eigenvalue weighted by atomic mass is 10.1. The molecule has 3 rings (SSSR count). The summed E-state index contributed by atoms with van der Waals surface area (Å²) in [7, 11) is -3.97. The number of carbonyl (C=O) groups excluding carboxylic acids is 1. The van der Waals surface area contributed by atoms with Crippen molar-refractivity contribution in [1.29, 1.82) is 0 Å². The topological polar surface area (TPSA) is 88.2 Å². The molecule has 0 aliphatic heterocycles. The molecule has 1 heterocycles. The molecule has 9 heteroatoms. The van der Waals surface area contributed by atoms with Crippen molar-refractivity contribution in [1.82, 2.24) is 10.3 Å². The van der Waals surface area contributed by atoms with Gasteiger partial charge >= 0.3 is 0 Å². The van der Waals surface area contributed by atoms with Gasteiger partial charge in [-0.1, -0.05) is 26.0 Å². The maximum absolute atomic E-state index is 13.1. The Morgan fingerprint density at radius 3 is 2.48 bits per heavy atom. The van der Waals surface area contributed by atoms with Crippen LogP contribution >= 0.6 is 11.3 Å². The van der Waals surface area contributed by atoms with Gasteiger partial charge in [-0.3, -0.25) is 9.52 Å². The van der Waals surface area contributed by atoms with E-state index in [1.54, 1.807) is 12.1 Å². The van der Waals surface area contributed by atoms with Crippen molar-refractivity contribution in [2.75, 3.05) is 4.72 Å². The largest absolute Gasteiger partial charge is 0.346 e. The van der Waals surface area contributed by atoms with Crippen molar-refractivity contribution in [2.24, 2.45) is 0 Å². The molecule has 3 aromatic rings. The van der Waals surface area contributed by atoms with Crippen molar-refractivity contribution < 1.29 is 17.6 Å². The number of anilines is 1. The summed E-state index contributed by atoms with van der Waals surface area (Å²) in [5.74, 6) is -0.654. The van der Waals surface area contributed by atoms with Crippen LogP contribution in [0.15, 0.2) is 58.8 Å². The van der Waals surface area contributed by atoms with E-state index in [2.05, 4.69) is 15.0 Å². The number of hydrogen-bond acceptors (Lipinski definition) is 5. The summed E-state index contributed by atoms with van der Waals surface area (Å²) in [6.07, 6.45) is 0. The predicted octanol–water partition coefficient (Wildman–Crippen LogP) is 4.14. The third kappa shape index (κ3) is 5.18. The molecular formula is C20H20FN3O3S2. The van der Waals surface area contributed by atoms with Crippen molar-refractivity contribution in [2.45, 2.75) is 31.2 Å². The summed E-state index contributed by atoms with van der Waals surface area (Å²) < 4.78 is 40.6. The zero-order chi connectivity index (χ0) is 21.0. The fourth-order valence-corrected chi connectivity index (χ4v) is 4.44. The van der Waals surface area contributed by atoms with Crippen LogP contribution in [0.25, 0.3) is 0 Å². The maximum Gasteiger partial charge on any atom is 0.261 e. The van der Waals surface area contributed by atoms with Gasteiger partial charge in [0.1, 0.15) is 5.82 Å². The first-order valence-corrected chi connectivity index (χ1v) is 11.2. The third-order valence-corrected chi connectivity index (χ3v) is 6.61. The normalized spacial score (nSPS) is 11.4. The van der Waals surface area contributed by atoms with E-state index in [9.17, 15) is 17.6 Å². The average molecular weight is 434 g/mol. The fourth-order valence-electron chi connectivity index (χ4n) is 2.52. The molecular weight excluding hydrogens is 413 g/mol. The van der Waals surface area contributed by atoms with Crippen LogP contribution in [-0.2, 0) is 16.6 Å². The van der Waals surface area contributed by atoms with Crippen LogP contribution in [0.1, 0.15) is 40.8 Å². The number of para-hydroxylation sites is 1. The molecule has 2 N–H and O–H groups in total. The Kier molecular flexibility index (Phi) is 6.29. The van der Waals surface area contributed by atoms with Crippen LogP contribution in [-0.4, -0.2) is 19.3 Å². The van der Waals surface area contributed by atoms with Crippen LogP contribution < -0.4 is 10.0 Å². The van der Waals surface area contributed by atoms with Crippen molar-refractivity contribution in [3.63, 3.8) is 0 Å². The number of rotatable bonds is 7. The minimum absolute atomic E-state index is 0.0993. The summed E-state index contributed by atoms with van der Waals surface area (Å²) in [5.41, 5.74) is 1.06. The second kappa shape index (κ2) is 8.71. The van der Waals surface area contributed by atoms with E-state index in [1.807, 2.05) is 19.2 Å². The standard InChI is InChI=1S/C20H20FN3O3S2/c1-13(2)20-23-15(12-28-20)11-22-19(25)17-5-3-4-6-18(17)24-29(26,27)16-9-7-14(21)8-10-16/h3-10,12-13,24H,11H2,1-2H3,(H,22,25). The molecule has 29 heavy (non-hydrogen) atoms. The molecule has 0 aliphatic rings. The number of benzene rings is 2. The second-order valence-corrected chi connectivity index (χ2v) is 9.19. The van der Waals surface area contributed by atoms with Gasteiger partial charge in [-0.15, -0.1) is 11.3 Å². The van der Waals surface area contributed by atoms with Crippen molar-refractivity contribution in [3.8, 4) is 0 Å². The van der Waals surface area contributed by atoms with Crippen LogP contribution in [0, 0.1) is 5.82 Å². The Balaban J connectivity index is 1.75. The smallest absolute Gasteiger partial charge is 0.261 e. The number of sulfonamides is 1. The molecule has 0 atom stereocenters. The molecule has 2 aromatic carbocycles. The van der Waals surface area contributed by atoms with Crippen molar-refractivity contribution in [3.05, 3.63) is 76.0 Å². The Labute approximate surface area is 172 Å². The van der Waals surface area contributed by atoms with E-state index in [0.29, 0.717) is 5.92 Å². The third-order valence-electron chi connectivity index (χ3n) is 4.03. The zero-order valence-electron chi connectivity index (χ0n) is 15.8. The molecule has 0 aliphatic carbocycles. The molecule has 1 aromatic heterocycles. The number of carbonyl (C=O) groups is 1. The summed E-state index contributed by atoms with van der Waals surface area (Å²) in [6.45, 7) is 4.33. The van der Waals surface area contributed by atoms with Crippen LogP contribution in [0.2, 0.25) is 0 Å². The first kappa shape index (κ1) is 20.9. The van der Waals surface area contributed by atoms with Gasteiger partial charge in [-0.25, -0.2) is 17.8 Å². The Morgan fingerprint density at radius 1 is 1.14 bits per heavy atom. The van der Waals surface area contributed by atoms with Crippen LogP contribution in [0.4, 0.5) is 10.1 Å². The van der Waals surface area contributed by atoms with E-state index in [0.717, 1.165) is 35.0 Å². The minimum atomic E-state index is -3.97. The summed E-state index contributed by atoms with van der Waals surface area (Å²) >= 11 is 1.53. The number of aromatic nitrogens is 1. The lowest BCUT2D eigenvalue weighted by molar-refractivity contribution is 0.0951. The predicted molar refractivity (Wildman–Crippen MR) is 111 cm³/mol. The van der Waals surface area contributed by atoms with Crippen LogP contribution in [0.5, 0.6) is 0 Å². The maximum atomic E-state index is 13.1. The quantitative estimate of drug-likeness (QED) is 0.586. The summed E-state index contributed by atoms with van der Waals surface area (Å²) in [5, 5.41) is 5.64. The van der Waals surface area contributed by atoms with E-state index in [-0.39, 0.29) is 22.7 Å². The van der Waals surface area contributed by atoms with Crippen molar-refractivity contribution >= 4 is 33.0 Å². The van der Waals surface area contributed by atoms with Gasteiger partial charge in [-0.2, -0.15) is 0 Å². The summed E-state index contributed by atoms with van der Waals surface area (Å²) in [4.78, 5) is 17.0. The van der Waals surface area contributed by atoms with Gasteiger partial charge in [0.05, 0.1) is 33.4 Å². The van der Waals surface area contributed by atoms with E-state index < -0.39 is 21.7 Å². The molecule has 0 unspecified atom stereocenters. The average Bonchev–Trinajstić information content (AvgIpc) is 3.16. The zero-order valence-corrected chi connectivity index (χ0v) is 17.5. The molecule has 0 spiro atoms. The molecule has 0 radical (unpaired) electrons. The molecule has 0 fully saturated rings. The molecule has 6 nitrogen and oxygen atoms in total. The number of halogens is 1. The lowest BCUT2D eigenvalue weighted by Gasteiger charge is -2.12. The van der Waals surface area contributed by atoms with Gasteiger partial charge in [-0.05, 0) is 36.4 Å². The van der Waals surface area contributed by atoms with Gasteiger partial charge in [0.15, 0.2) is 0 Å². The monoisotopic (exact) mass is 433 g/mol. The van der Waals surface area contributed by atoms with E-state index >= 15 is 0 Å². The highest BCUT2D eigenvalue weighted by atomic mass is 32.2. The van der Waals surface area contributed by atoms with E-state index in [4.69, 9.17) is 0 Å². The highest BCUT2D eigenvalue weighted by Crippen LogP contribution is 2.21. The molecule has 0 saturated heterocycles. The minimum Gasteiger partial charge on any atom is -0.346 e. The van der Waals surface area contributed by atoms with Gasteiger partial charge in [0.25, 0.3) is 15.9 Å². The molecule has 1 amide bonds. The molecule has 0 bridgehead atoms. The SMILES string of the molecule is CC(C)c1nc(CNC(=O)c2ccccc2NS(=O)(=O)c2ccc(F)cc2)cs1. The Morgan fingerprint density at radius 2 is 1.83 bits per heavy atom. The highest BCUT2D eigenvalue weighted by Gasteiger charge is 2.19. The van der Waals surface area contributed by atoms with E-state index in [1.165, 1.54) is 23.5 Å². The number of hydrogen-bond donors (Lipinski definition) is 2. The number of nitrogens with one attached hydrogen (secondary N) is 2. The van der Waals surface area contributed by atoms with Gasteiger partial charge in [0, 0.05) is 11.3 Å². The number of thiazole rings is 1. The Bertz CT molecular complexity index is 1110. The first-order valence-electron chi connectivity index (χ1n) is 8.86. The second-order valence-electron chi connectivity index (χ2n) is 6.62. The highest BCUT2D eigenvalue weighted by molar-refractivity contribution is 7.92. The number of nitrogens with zero attached hydrogens (tertiary/aromatic N) is 1. The summed E-state index contributed by atoms with van der Waals surface area (Å²) in [6, 6.07) is 10.7.